The van der Waals surface area contributed by atoms with Gasteiger partial charge in [0, 0.05) is 6.04 Å². The molecule has 2 N–H and O–H groups in total. The van der Waals surface area contributed by atoms with Crippen molar-refractivity contribution in [3.63, 3.8) is 0 Å². The van der Waals surface area contributed by atoms with Crippen LogP contribution in [0.1, 0.15) is 26.7 Å². The van der Waals surface area contributed by atoms with Crippen molar-refractivity contribution in [2.45, 2.75) is 32.7 Å². The molecule has 0 saturated heterocycles. The maximum absolute atomic E-state index is 9.56. The molecule has 0 aromatic carbocycles. The van der Waals surface area contributed by atoms with E-state index in [9.17, 15) is 8.42 Å². The second kappa shape index (κ2) is 11.8. The van der Waals surface area contributed by atoms with Gasteiger partial charge in [-0.15, -0.1) is 13.2 Å². The molecule has 0 fully saturated rings. The normalized spacial score (nSPS) is 10.6. The Hall–Kier alpha value is -0.690. The van der Waals surface area contributed by atoms with Gasteiger partial charge in [-0.05, 0) is 26.3 Å². The molecular formula is C11H23NO4S. The zero-order chi connectivity index (χ0) is 13.7. The van der Waals surface area contributed by atoms with E-state index >= 15 is 0 Å². The molecule has 6 heteroatoms. The summed E-state index contributed by atoms with van der Waals surface area (Å²) in [5.74, 6) is 0. The maximum Gasteiger partial charge on any atom is 0.397 e. The third kappa shape index (κ3) is 17.9. The molecule has 0 aromatic heterocycles. The summed E-state index contributed by atoms with van der Waals surface area (Å²) in [7, 11) is -4.17. The smallest absolute Gasteiger partial charge is 0.314 e. The lowest BCUT2D eigenvalue weighted by atomic mass is 10.1. The molecule has 0 amide bonds. The predicted molar refractivity (Wildman–Crippen MR) is 70.3 cm³/mol. The Labute approximate surface area is 105 Å². The van der Waals surface area contributed by atoms with E-state index in [4.69, 9.17) is 4.55 Å². The van der Waals surface area contributed by atoms with Gasteiger partial charge in [0.25, 0.3) is 0 Å². The Morgan fingerprint density at radius 2 is 1.76 bits per heavy atom. The van der Waals surface area contributed by atoms with Crippen molar-refractivity contribution in [1.29, 1.82) is 0 Å². The van der Waals surface area contributed by atoms with Crippen molar-refractivity contribution in [2.24, 2.45) is 0 Å². The van der Waals surface area contributed by atoms with Crippen LogP contribution in [-0.4, -0.2) is 32.2 Å². The topological polar surface area (TPSA) is 75.6 Å². The predicted octanol–water partition coefficient (Wildman–Crippen LogP) is 1.94. The third-order valence-electron chi connectivity index (χ3n) is 1.66. The molecule has 0 bridgehead atoms. The first kappa shape index (κ1) is 18.7. The molecule has 0 radical (unpaired) electrons. The highest BCUT2D eigenvalue weighted by Gasteiger charge is 2.00. The zero-order valence-electron chi connectivity index (χ0n) is 10.6. The van der Waals surface area contributed by atoms with Crippen LogP contribution in [0.3, 0.4) is 0 Å². The largest absolute Gasteiger partial charge is 0.397 e. The standard InChI is InChI=1S/C9H17N.C2H6O4S/c1-4-7-9(8-5-2)10-6-3;1-2-6-7(3,4)5/h4-5,9-10H,1-2,6-8H2,3H3;2H2,1H3,(H,3,4,5). The molecule has 0 atom stereocenters. The van der Waals surface area contributed by atoms with Crippen LogP contribution < -0.4 is 5.32 Å². The van der Waals surface area contributed by atoms with Gasteiger partial charge in [0.2, 0.25) is 0 Å². The zero-order valence-corrected chi connectivity index (χ0v) is 11.4. The van der Waals surface area contributed by atoms with E-state index in [-0.39, 0.29) is 6.61 Å². The summed E-state index contributed by atoms with van der Waals surface area (Å²) in [5.41, 5.74) is 0. The summed E-state index contributed by atoms with van der Waals surface area (Å²) in [4.78, 5) is 0. The highest BCUT2D eigenvalue weighted by Crippen LogP contribution is 1.98. The number of nitrogens with one attached hydrogen (secondary N) is 1. The van der Waals surface area contributed by atoms with Gasteiger partial charge in [-0.25, -0.2) is 4.18 Å². The number of rotatable bonds is 8. The van der Waals surface area contributed by atoms with Crippen molar-refractivity contribution in [3.05, 3.63) is 25.3 Å². The van der Waals surface area contributed by atoms with Crippen molar-refractivity contribution < 1.29 is 17.2 Å². The molecule has 0 unspecified atom stereocenters. The van der Waals surface area contributed by atoms with Crippen LogP contribution >= 0.6 is 0 Å². The Morgan fingerprint density at radius 1 is 1.29 bits per heavy atom. The summed E-state index contributed by atoms with van der Waals surface area (Å²) in [5, 5.41) is 3.34. The lowest BCUT2D eigenvalue weighted by Crippen LogP contribution is -2.27. The van der Waals surface area contributed by atoms with E-state index in [0.29, 0.717) is 6.04 Å². The van der Waals surface area contributed by atoms with Gasteiger partial charge in [0.05, 0.1) is 6.61 Å². The molecule has 0 aliphatic rings. The lowest BCUT2D eigenvalue weighted by molar-refractivity contribution is 0.283. The van der Waals surface area contributed by atoms with Crippen molar-refractivity contribution in [2.75, 3.05) is 13.2 Å². The van der Waals surface area contributed by atoms with Crippen molar-refractivity contribution >= 4 is 10.4 Å². The van der Waals surface area contributed by atoms with Gasteiger partial charge in [-0.1, -0.05) is 19.1 Å². The van der Waals surface area contributed by atoms with Crippen LogP contribution in [0, 0.1) is 0 Å². The Kier molecular flexibility index (Phi) is 12.9. The van der Waals surface area contributed by atoms with Crippen LogP contribution in [0.25, 0.3) is 0 Å². The van der Waals surface area contributed by atoms with Gasteiger partial charge < -0.3 is 5.32 Å². The summed E-state index contributed by atoms with van der Waals surface area (Å²) >= 11 is 0. The highest BCUT2D eigenvalue weighted by molar-refractivity contribution is 7.80. The SMILES string of the molecule is C=CCC(CC=C)NCC.CCOS(=O)(=O)O. The third-order valence-corrected chi connectivity index (χ3v) is 2.20. The first-order valence-corrected chi connectivity index (χ1v) is 6.84. The average Bonchev–Trinajstić information content (AvgIpc) is 2.18. The molecule has 0 aliphatic heterocycles. The van der Waals surface area contributed by atoms with E-state index in [0.717, 1.165) is 19.4 Å². The van der Waals surface area contributed by atoms with Gasteiger partial charge in [0.15, 0.2) is 0 Å². The number of hydrogen-bond donors (Lipinski definition) is 2. The van der Waals surface area contributed by atoms with E-state index in [2.05, 4.69) is 29.6 Å². The van der Waals surface area contributed by atoms with Gasteiger partial charge in [0.1, 0.15) is 0 Å². The lowest BCUT2D eigenvalue weighted by Gasteiger charge is -2.12. The van der Waals surface area contributed by atoms with Gasteiger partial charge >= 0.3 is 10.4 Å². The van der Waals surface area contributed by atoms with E-state index in [1.165, 1.54) is 6.92 Å². The second-order valence-electron chi connectivity index (χ2n) is 3.14. The fraction of sp³-hybridized carbons (Fsp3) is 0.636. The minimum atomic E-state index is -4.17. The van der Waals surface area contributed by atoms with Crippen LogP contribution in [0.2, 0.25) is 0 Å². The summed E-state index contributed by atoms with van der Waals surface area (Å²) < 4.78 is 30.7. The number of hydrogen-bond acceptors (Lipinski definition) is 4. The summed E-state index contributed by atoms with van der Waals surface area (Å²) in [6.07, 6.45) is 5.94. The molecule has 0 spiro atoms. The monoisotopic (exact) mass is 265 g/mol. The Morgan fingerprint density at radius 3 is 1.94 bits per heavy atom. The van der Waals surface area contributed by atoms with E-state index in [1.54, 1.807) is 0 Å². The Balaban J connectivity index is 0. The van der Waals surface area contributed by atoms with Crippen molar-refractivity contribution in [3.8, 4) is 0 Å². The van der Waals surface area contributed by atoms with Gasteiger partial charge in [-0.3, -0.25) is 4.55 Å². The average molecular weight is 265 g/mol. The second-order valence-corrected chi connectivity index (χ2v) is 4.23. The van der Waals surface area contributed by atoms with Crippen LogP contribution in [0.15, 0.2) is 25.3 Å². The molecule has 0 aromatic rings. The summed E-state index contributed by atoms with van der Waals surface area (Å²) in [6, 6.07) is 0.542. The minimum absolute atomic E-state index is 0.0289. The molecule has 0 saturated carbocycles. The van der Waals surface area contributed by atoms with Gasteiger partial charge in [-0.2, -0.15) is 8.42 Å². The molecule has 102 valence electrons. The molecular weight excluding hydrogens is 242 g/mol. The van der Waals surface area contributed by atoms with E-state index in [1.807, 2.05) is 12.2 Å². The van der Waals surface area contributed by atoms with E-state index < -0.39 is 10.4 Å². The Bertz CT molecular complexity index is 278. The minimum Gasteiger partial charge on any atom is -0.314 e. The fourth-order valence-electron chi connectivity index (χ4n) is 1.10. The highest BCUT2D eigenvalue weighted by atomic mass is 32.3. The first-order chi connectivity index (χ1) is 7.91. The maximum atomic E-state index is 9.56. The van der Waals surface area contributed by atoms with Crippen molar-refractivity contribution in [1.82, 2.24) is 5.32 Å². The molecule has 5 nitrogen and oxygen atoms in total. The summed E-state index contributed by atoms with van der Waals surface area (Å²) in [6.45, 7) is 11.9. The van der Waals surface area contributed by atoms with Crippen LogP contribution in [0.5, 0.6) is 0 Å². The van der Waals surface area contributed by atoms with Crippen LogP contribution in [0.4, 0.5) is 0 Å². The molecule has 0 aliphatic carbocycles. The first-order valence-electron chi connectivity index (χ1n) is 5.48. The molecule has 0 heterocycles. The molecule has 17 heavy (non-hydrogen) atoms. The molecule has 0 rings (SSSR count). The fourth-order valence-corrected chi connectivity index (χ4v) is 1.40. The van der Waals surface area contributed by atoms with Crippen LogP contribution in [-0.2, 0) is 14.6 Å². The quantitative estimate of drug-likeness (QED) is 0.518.